The number of piperidine rings is 1. The van der Waals surface area contributed by atoms with E-state index in [0.29, 0.717) is 34.6 Å². The second-order valence-corrected chi connectivity index (χ2v) is 12.3. The summed E-state index contributed by atoms with van der Waals surface area (Å²) in [6.45, 7) is 4.92. The summed E-state index contributed by atoms with van der Waals surface area (Å²) < 4.78 is 57.6. The Labute approximate surface area is 259 Å². The van der Waals surface area contributed by atoms with Crippen molar-refractivity contribution in [1.29, 1.82) is 0 Å². The molecule has 1 aromatic carbocycles. The van der Waals surface area contributed by atoms with Crippen molar-refractivity contribution in [2.75, 3.05) is 5.32 Å². The first-order valence-electron chi connectivity index (χ1n) is 14.5. The van der Waals surface area contributed by atoms with Crippen molar-refractivity contribution >= 4 is 39.8 Å². The third-order valence-electron chi connectivity index (χ3n) is 8.92. The summed E-state index contributed by atoms with van der Waals surface area (Å²) in [4.78, 5) is 50.2. The average molecular weight is 634 g/mol. The molecule has 4 aromatic heterocycles. The van der Waals surface area contributed by atoms with E-state index in [4.69, 9.17) is 0 Å². The quantitative estimate of drug-likeness (QED) is 0.197. The number of carbonyl (C=O) groups is 3. The average Bonchev–Trinajstić information content (AvgIpc) is 3.25. The molecular weight excluding hydrogens is 606 g/mol. The number of alkyl halides is 3. The number of amides is 2. The Balaban J connectivity index is 1.17. The number of likely N-dealkylation sites (tertiary alicyclic amines) is 1. The standard InChI is InChI=1S/C32H27F4N7O3/c1-16-7-26-38-11-18(14-41(26)13-16)22-8-19-24(12-37-22)42(40-29(19)17(2)44)15-27(45)43-23(9-31(3)10-25(31)43)30(46)39-21-6-4-5-20(28(21)33)32(34,35)36/h4-8,11-14,23,25H,9-10,15H2,1-3H3,(H,39,46)/t23-,25+,31-/m0/s1. The molecule has 7 rings (SSSR count). The number of hydrogen-bond acceptors (Lipinski definition) is 6. The minimum atomic E-state index is -4.94. The van der Waals surface area contributed by atoms with E-state index in [-0.39, 0.29) is 35.9 Å². The molecule has 0 spiro atoms. The Hall–Kier alpha value is -5.14. The van der Waals surface area contributed by atoms with E-state index in [0.717, 1.165) is 23.3 Å². The van der Waals surface area contributed by atoms with E-state index in [1.807, 2.05) is 36.7 Å². The topological polar surface area (TPSA) is 114 Å². The summed E-state index contributed by atoms with van der Waals surface area (Å²) in [5.41, 5.74) is 1.17. The highest BCUT2D eigenvalue weighted by atomic mass is 19.4. The number of aryl methyl sites for hydroxylation is 1. The van der Waals surface area contributed by atoms with Crippen LogP contribution in [0.4, 0.5) is 23.2 Å². The van der Waals surface area contributed by atoms with E-state index < -0.39 is 41.1 Å². The van der Waals surface area contributed by atoms with Crippen molar-refractivity contribution < 1.29 is 31.9 Å². The summed E-state index contributed by atoms with van der Waals surface area (Å²) in [5.74, 6) is -3.18. The summed E-state index contributed by atoms with van der Waals surface area (Å²) in [6.07, 6.45) is 2.97. The molecule has 46 heavy (non-hydrogen) atoms. The van der Waals surface area contributed by atoms with Crippen molar-refractivity contribution in [2.45, 2.75) is 58.4 Å². The normalized spacial score (nSPS) is 20.7. The molecule has 5 aromatic rings. The second kappa shape index (κ2) is 10.2. The first kappa shape index (κ1) is 29.6. The van der Waals surface area contributed by atoms with E-state index in [1.165, 1.54) is 22.7 Å². The number of aromatic nitrogens is 5. The first-order valence-corrected chi connectivity index (χ1v) is 14.5. The van der Waals surface area contributed by atoms with E-state index in [2.05, 4.69) is 20.4 Å². The van der Waals surface area contributed by atoms with Crippen LogP contribution in [0.2, 0.25) is 0 Å². The number of Topliss-reactive ketones (excluding diaryl/α,β-unsaturated/α-hetero) is 1. The van der Waals surface area contributed by atoms with Crippen LogP contribution in [0.5, 0.6) is 0 Å². The lowest BCUT2D eigenvalue weighted by atomic mass is 10.0. The number of pyridine rings is 1. The maximum Gasteiger partial charge on any atom is 0.419 e. The van der Waals surface area contributed by atoms with E-state index in [9.17, 15) is 31.9 Å². The Kier molecular flexibility index (Phi) is 6.55. The lowest BCUT2D eigenvalue weighted by Crippen LogP contribution is -2.46. The Morgan fingerprint density at radius 2 is 1.87 bits per heavy atom. The highest BCUT2D eigenvalue weighted by molar-refractivity contribution is 6.05. The smallest absolute Gasteiger partial charge is 0.325 e. The minimum absolute atomic E-state index is 0.143. The molecule has 2 amide bonds. The molecule has 1 N–H and O–H groups in total. The fraction of sp³-hybridized carbons (Fsp3) is 0.312. The molecule has 236 valence electrons. The van der Waals surface area contributed by atoms with Gasteiger partial charge in [0, 0.05) is 42.5 Å². The summed E-state index contributed by atoms with van der Waals surface area (Å²) in [6, 6.07) is 4.98. The predicted molar refractivity (Wildman–Crippen MR) is 158 cm³/mol. The van der Waals surface area contributed by atoms with Crippen molar-refractivity contribution in [1.82, 2.24) is 29.0 Å². The number of nitrogens with one attached hydrogen (secondary N) is 1. The molecule has 2 aliphatic rings. The summed E-state index contributed by atoms with van der Waals surface area (Å²) >= 11 is 0. The predicted octanol–water partition coefficient (Wildman–Crippen LogP) is 5.43. The molecule has 5 heterocycles. The van der Waals surface area contributed by atoms with Gasteiger partial charge in [-0.1, -0.05) is 13.0 Å². The molecule has 1 saturated carbocycles. The fourth-order valence-electron chi connectivity index (χ4n) is 6.50. The number of carbonyl (C=O) groups excluding carboxylic acids is 3. The Bertz CT molecular complexity index is 2100. The summed E-state index contributed by atoms with van der Waals surface area (Å²) in [7, 11) is 0. The number of nitrogens with zero attached hydrogens (tertiary/aromatic N) is 6. The number of rotatable bonds is 6. The van der Waals surface area contributed by atoms with Crippen molar-refractivity contribution in [3.63, 3.8) is 0 Å². The van der Waals surface area contributed by atoms with Crippen molar-refractivity contribution in [3.05, 3.63) is 77.8 Å². The maximum absolute atomic E-state index is 14.7. The fourth-order valence-corrected chi connectivity index (χ4v) is 6.50. The zero-order chi connectivity index (χ0) is 32.7. The molecular formula is C32H27F4N7O3. The SMILES string of the molecule is CC(=O)c1nn(CC(=O)N2[C@H](C(=O)Nc3cccc(C(F)(F)F)c3F)C[C@@]3(C)C[C@@H]23)c2cnc(-c3cnc4cc(C)cn4c3)cc12. The van der Waals surface area contributed by atoms with Gasteiger partial charge in [-0.15, -0.1) is 0 Å². The number of fused-ring (bicyclic) bond motifs is 3. The minimum Gasteiger partial charge on any atom is -0.325 e. The molecule has 3 atom stereocenters. The van der Waals surface area contributed by atoms with Crippen LogP contribution in [-0.2, 0) is 22.3 Å². The van der Waals surface area contributed by atoms with Crippen LogP contribution in [0.15, 0.2) is 55.1 Å². The molecule has 0 radical (unpaired) electrons. The van der Waals surface area contributed by atoms with E-state index in [1.54, 1.807) is 12.3 Å². The molecule has 2 fully saturated rings. The number of benzene rings is 1. The largest absolute Gasteiger partial charge is 0.419 e. The van der Waals surface area contributed by atoms with Gasteiger partial charge < -0.3 is 14.6 Å². The number of hydrogen-bond donors (Lipinski definition) is 1. The highest BCUT2D eigenvalue weighted by Gasteiger charge is 2.64. The Morgan fingerprint density at radius 1 is 1.09 bits per heavy atom. The first-order chi connectivity index (χ1) is 21.7. The van der Waals surface area contributed by atoms with Gasteiger partial charge in [0.25, 0.3) is 0 Å². The monoisotopic (exact) mass is 633 g/mol. The molecule has 1 saturated heterocycles. The number of ketones is 1. The molecule has 10 nitrogen and oxygen atoms in total. The van der Waals surface area contributed by atoms with Gasteiger partial charge in [0.2, 0.25) is 11.8 Å². The van der Waals surface area contributed by atoms with Crippen LogP contribution in [0.25, 0.3) is 27.8 Å². The molecule has 0 bridgehead atoms. The van der Waals surface area contributed by atoms with Crippen molar-refractivity contribution in [3.8, 4) is 11.3 Å². The third kappa shape index (κ3) is 4.88. The van der Waals surface area contributed by atoms with Gasteiger partial charge in [0.05, 0.1) is 28.7 Å². The van der Waals surface area contributed by atoms with Crippen LogP contribution in [0.3, 0.4) is 0 Å². The molecule has 1 aliphatic heterocycles. The highest BCUT2D eigenvalue weighted by Crippen LogP contribution is 2.59. The van der Waals surface area contributed by atoms with Crippen LogP contribution in [0, 0.1) is 18.2 Å². The van der Waals surface area contributed by atoms with Gasteiger partial charge >= 0.3 is 6.18 Å². The lowest BCUT2D eigenvalue weighted by Gasteiger charge is -2.27. The van der Waals surface area contributed by atoms with Gasteiger partial charge in [-0.05, 0) is 55.0 Å². The molecule has 14 heteroatoms. The van der Waals surface area contributed by atoms with Crippen molar-refractivity contribution in [2.24, 2.45) is 5.41 Å². The van der Waals surface area contributed by atoms with Gasteiger partial charge in [-0.3, -0.25) is 24.0 Å². The second-order valence-electron chi connectivity index (χ2n) is 12.3. The summed E-state index contributed by atoms with van der Waals surface area (Å²) in [5, 5.41) is 7.18. The van der Waals surface area contributed by atoms with Crippen LogP contribution in [-0.4, -0.2) is 58.7 Å². The van der Waals surface area contributed by atoms with Crippen LogP contribution < -0.4 is 5.32 Å². The zero-order valence-corrected chi connectivity index (χ0v) is 24.9. The van der Waals surface area contributed by atoms with Gasteiger partial charge in [0.15, 0.2) is 11.6 Å². The van der Waals surface area contributed by atoms with Crippen LogP contribution >= 0.6 is 0 Å². The number of halogens is 4. The molecule has 1 aliphatic carbocycles. The Morgan fingerprint density at radius 3 is 2.61 bits per heavy atom. The van der Waals surface area contributed by atoms with Crippen LogP contribution in [0.1, 0.15) is 48.3 Å². The zero-order valence-electron chi connectivity index (χ0n) is 24.9. The lowest BCUT2D eigenvalue weighted by molar-refractivity contribution is -0.140. The third-order valence-corrected chi connectivity index (χ3v) is 8.92. The van der Waals surface area contributed by atoms with Gasteiger partial charge in [0.1, 0.15) is 23.9 Å². The maximum atomic E-state index is 14.7. The number of anilines is 1. The van der Waals surface area contributed by atoms with E-state index >= 15 is 0 Å². The molecule has 0 unspecified atom stereocenters. The van der Waals surface area contributed by atoms with Gasteiger partial charge in [-0.2, -0.15) is 18.3 Å². The van der Waals surface area contributed by atoms with Gasteiger partial charge in [-0.25, -0.2) is 9.37 Å².